The third-order valence-electron chi connectivity index (χ3n) is 3.97. The summed E-state index contributed by atoms with van der Waals surface area (Å²) in [5.41, 5.74) is 0.0246. The molecule has 0 spiro atoms. The van der Waals surface area contributed by atoms with Crippen molar-refractivity contribution in [2.45, 2.75) is 10.7 Å². The summed E-state index contributed by atoms with van der Waals surface area (Å²) < 4.78 is 68.3. The molecule has 0 N–H and O–H groups in total. The molecule has 0 amide bonds. The van der Waals surface area contributed by atoms with Gasteiger partial charge in [0.15, 0.2) is 18.1 Å². The molecule has 0 atom stereocenters. The van der Waals surface area contributed by atoms with E-state index in [4.69, 9.17) is 18.9 Å². The van der Waals surface area contributed by atoms with Crippen molar-refractivity contribution in [3.63, 3.8) is 0 Å². The summed E-state index contributed by atoms with van der Waals surface area (Å²) in [7, 11) is -0.613. The molecule has 0 saturated heterocycles. The minimum absolute atomic E-state index is 0.110. The van der Waals surface area contributed by atoms with E-state index in [1.54, 1.807) is 0 Å². The van der Waals surface area contributed by atoms with Crippen molar-refractivity contribution in [2.75, 3.05) is 27.9 Å². The number of rotatable bonds is 9. The van der Waals surface area contributed by atoms with Crippen molar-refractivity contribution in [1.29, 1.82) is 0 Å². The number of halogens is 2. The first-order valence-electron chi connectivity index (χ1n) is 8.28. The van der Waals surface area contributed by atoms with E-state index in [-0.39, 0.29) is 28.4 Å². The van der Waals surface area contributed by atoms with Crippen LogP contribution in [0.15, 0.2) is 41.3 Å². The zero-order valence-corrected chi connectivity index (χ0v) is 17.0. The second-order valence-electron chi connectivity index (χ2n) is 5.74. The van der Waals surface area contributed by atoms with Gasteiger partial charge in [0.25, 0.3) is 0 Å². The zero-order valence-electron chi connectivity index (χ0n) is 16.2. The summed E-state index contributed by atoms with van der Waals surface area (Å²) in [6.07, 6.45) is 0. The van der Waals surface area contributed by atoms with Gasteiger partial charge in [-0.15, -0.1) is 0 Å². The molecule has 0 aliphatic carbocycles. The van der Waals surface area contributed by atoms with Crippen molar-refractivity contribution in [1.82, 2.24) is 0 Å². The van der Waals surface area contributed by atoms with Gasteiger partial charge in [-0.1, -0.05) is 0 Å². The fourth-order valence-electron chi connectivity index (χ4n) is 2.42. The summed E-state index contributed by atoms with van der Waals surface area (Å²) in [5, 5.41) is 0. The Morgan fingerprint density at radius 1 is 0.900 bits per heavy atom. The quantitative estimate of drug-likeness (QED) is 0.430. The fraction of sp³-hybridized carbons (Fsp3) is 0.263. The third-order valence-corrected chi connectivity index (χ3v) is 5.37. The Balaban J connectivity index is 2.12. The molecule has 0 aliphatic rings. The first-order chi connectivity index (χ1) is 14.1. The SMILES string of the molecule is COc1cc(C(=O)COC(=O)c2ccc(S(=O)(=O)C(F)F)cc2)cc(OC)c1OC. The lowest BCUT2D eigenvalue weighted by Gasteiger charge is -2.13. The maximum absolute atomic E-state index is 12.5. The number of ether oxygens (including phenoxy) is 4. The van der Waals surface area contributed by atoms with E-state index in [1.807, 2.05) is 0 Å². The van der Waals surface area contributed by atoms with E-state index in [0.717, 1.165) is 24.3 Å². The number of hydrogen-bond donors (Lipinski definition) is 0. The Labute approximate surface area is 171 Å². The molecule has 2 aromatic rings. The standard InChI is InChI=1S/C19H18F2O8S/c1-26-15-8-12(9-16(27-2)17(15)28-3)14(22)10-29-18(23)11-4-6-13(7-5-11)30(24,25)19(20)21/h4-9,19H,10H2,1-3H3. The number of carbonyl (C=O) groups excluding carboxylic acids is 2. The van der Waals surface area contributed by atoms with Crippen molar-refractivity contribution in [3.05, 3.63) is 47.5 Å². The van der Waals surface area contributed by atoms with Gasteiger partial charge in [0.1, 0.15) is 0 Å². The average Bonchev–Trinajstić information content (AvgIpc) is 2.75. The summed E-state index contributed by atoms with van der Waals surface area (Å²) in [4.78, 5) is 23.8. The molecule has 8 nitrogen and oxygen atoms in total. The first kappa shape index (κ1) is 23.1. The average molecular weight is 444 g/mol. The molecule has 0 aromatic heterocycles. The van der Waals surface area contributed by atoms with Crippen LogP contribution in [0.3, 0.4) is 0 Å². The van der Waals surface area contributed by atoms with Crippen LogP contribution in [-0.4, -0.2) is 53.9 Å². The highest BCUT2D eigenvalue weighted by molar-refractivity contribution is 7.91. The molecule has 11 heteroatoms. The Bertz CT molecular complexity index is 1010. The molecule has 0 bridgehead atoms. The van der Waals surface area contributed by atoms with Gasteiger partial charge in [-0.3, -0.25) is 4.79 Å². The number of alkyl halides is 2. The lowest BCUT2D eigenvalue weighted by atomic mass is 10.1. The highest BCUT2D eigenvalue weighted by Gasteiger charge is 2.26. The Morgan fingerprint density at radius 3 is 1.87 bits per heavy atom. The molecule has 0 unspecified atom stereocenters. The molecule has 30 heavy (non-hydrogen) atoms. The molecule has 0 saturated carbocycles. The van der Waals surface area contributed by atoms with E-state index < -0.39 is 38.8 Å². The zero-order chi connectivity index (χ0) is 22.5. The molecule has 0 radical (unpaired) electrons. The van der Waals surface area contributed by atoms with Gasteiger partial charge in [-0.05, 0) is 36.4 Å². The topological polar surface area (TPSA) is 105 Å². The summed E-state index contributed by atoms with van der Waals surface area (Å²) in [6, 6.07) is 6.53. The van der Waals surface area contributed by atoms with E-state index in [0.29, 0.717) is 0 Å². The van der Waals surface area contributed by atoms with Crippen LogP contribution in [0.2, 0.25) is 0 Å². The number of carbonyl (C=O) groups is 2. The second kappa shape index (κ2) is 9.53. The highest BCUT2D eigenvalue weighted by Crippen LogP contribution is 2.38. The van der Waals surface area contributed by atoms with Crippen LogP contribution in [0, 0.1) is 0 Å². The van der Waals surface area contributed by atoms with Crippen molar-refractivity contribution in [2.24, 2.45) is 0 Å². The number of esters is 1. The van der Waals surface area contributed by atoms with Crippen LogP contribution in [0.1, 0.15) is 20.7 Å². The van der Waals surface area contributed by atoms with Crippen LogP contribution >= 0.6 is 0 Å². The van der Waals surface area contributed by atoms with Crippen LogP contribution in [-0.2, 0) is 14.6 Å². The number of sulfone groups is 1. The second-order valence-corrected chi connectivity index (χ2v) is 7.66. The van der Waals surface area contributed by atoms with Gasteiger partial charge in [0.05, 0.1) is 31.8 Å². The maximum atomic E-state index is 12.5. The monoisotopic (exact) mass is 444 g/mol. The van der Waals surface area contributed by atoms with Crippen molar-refractivity contribution >= 4 is 21.6 Å². The molecular formula is C19H18F2O8S. The van der Waals surface area contributed by atoms with Crippen LogP contribution in [0.5, 0.6) is 17.2 Å². The lowest BCUT2D eigenvalue weighted by molar-refractivity contribution is 0.0474. The third kappa shape index (κ3) is 4.85. The van der Waals surface area contributed by atoms with Gasteiger partial charge in [-0.2, -0.15) is 8.78 Å². The van der Waals surface area contributed by atoms with Gasteiger partial charge in [-0.25, -0.2) is 13.2 Å². The van der Waals surface area contributed by atoms with Gasteiger partial charge < -0.3 is 18.9 Å². The largest absolute Gasteiger partial charge is 0.493 e. The molecule has 0 heterocycles. The Morgan fingerprint density at radius 2 is 1.43 bits per heavy atom. The Hall–Kier alpha value is -3.21. The predicted octanol–water partition coefficient (Wildman–Crippen LogP) is 2.75. The van der Waals surface area contributed by atoms with Gasteiger partial charge >= 0.3 is 11.7 Å². The van der Waals surface area contributed by atoms with E-state index in [9.17, 15) is 26.8 Å². The van der Waals surface area contributed by atoms with Crippen LogP contribution in [0.25, 0.3) is 0 Å². The summed E-state index contributed by atoms with van der Waals surface area (Å²) >= 11 is 0. The normalized spacial score (nSPS) is 11.1. The fourth-order valence-corrected chi connectivity index (χ4v) is 3.14. The molecule has 0 aliphatic heterocycles. The Kier molecular flexibility index (Phi) is 7.33. The van der Waals surface area contributed by atoms with Crippen molar-refractivity contribution in [3.8, 4) is 17.2 Å². The summed E-state index contributed by atoms with van der Waals surface area (Å²) in [6.45, 7) is -0.630. The predicted molar refractivity (Wildman–Crippen MR) is 100 cm³/mol. The molecule has 2 rings (SSSR count). The molecular weight excluding hydrogens is 426 g/mol. The molecule has 0 fully saturated rings. The molecule has 2 aromatic carbocycles. The number of Topliss-reactive ketones (excluding diaryl/α,β-unsaturated/α-hetero) is 1. The van der Waals surface area contributed by atoms with Gasteiger partial charge in [0.2, 0.25) is 21.4 Å². The number of hydrogen-bond acceptors (Lipinski definition) is 8. The van der Waals surface area contributed by atoms with Crippen LogP contribution in [0.4, 0.5) is 8.78 Å². The maximum Gasteiger partial charge on any atom is 0.341 e. The van der Waals surface area contributed by atoms with E-state index in [2.05, 4.69) is 0 Å². The number of benzene rings is 2. The van der Waals surface area contributed by atoms with E-state index >= 15 is 0 Å². The highest BCUT2D eigenvalue weighted by atomic mass is 32.2. The van der Waals surface area contributed by atoms with Crippen molar-refractivity contribution < 1.29 is 45.7 Å². The van der Waals surface area contributed by atoms with Gasteiger partial charge in [0, 0.05) is 5.56 Å². The van der Waals surface area contributed by atoms with Crippen LogP contribution < -0.4 is 14.2 Å². The summed E-state index contributed by atoms with van der Waals surface area (Å²) in [5.74, 6) is -4.32. The minimum atomic E-state index is -4.77. The number of ketones is 1. The smallest absolute Gasteiger partial charge is 0.341 e. The lowest BCUT2D eigenvalue weighted by Crippen LogP contribution is -2.15. The minimum Gasteiger partial charge on any atom is -0.493 e. The molecule has 162 valence electrons. The number of methoxy groups -OCH3 is 3. The first-order valence-corrected chi connectivity index (χ1v) is 9.82. The van der Waals surface area contributed by atoms with E-state index in [1.165, 1.54) is 33.5 Å².